The van der Waals surface area contributed by atoms with Gasteiger partial charge in [-0.25, -0.2) is 24.5 Å². The molecular weight excluding hydrogens is 1400 g/mol. The molecule has 6 aromatic rings. The SMILES string of the molecule is CC(=O)OCc1c(-c2ccc(O[C@H]3CCC[C@H](C(=O)OC(C)C)C3)c(F)n2)cnn1C.CC(C)OC(=O)[C@H]1CCC[C@H](Oc2ccc(-c3cnn(C)c3COC(=O)N(C)C3CCC3)nc2F)C1.CN(C(=O)OCc1c(-c2ccc(O[C@H]3CCC[C@H](C(=O)O)C3)c(F)n2)cnn1C)C1CCC1.CNC1CCC1.[Li+].[OH-]. The zero-order valence-electron chi connectivity index (χ0n) is 64.2. The first-order valence-corrected chi connectivity index (χ1v) is 37.0. The van der Waals surface area contributed by atoms with Crippen LogP contribution in [0.25, 0.3) is 33.8 Å². The molecule has 6 fully saturated rings. The molecule has 0 radical (unpaired) electrons. The van der Waals surface area contributed by atoms with Crippen molar-refractivity contribution in [1.82, 2.24) is 59.4 Å². The number of rotatable bonds is 23. The van der Waals surface area contributed by atoms with E-state index in [0.717, 1.165) is 89.5 Å². The van der Waals surface area contributed by atoms with Crippen LogP contribution in [0.2, 0.25) is 0 Å². The zero-order chi connectivity index (χ0) is 76.3. The first kappa shape index (κ1) is 86.4. The quantitative estimate of drug-likeness (QED) is 0.0261. The summed E-state index contributed by atoms with van der Waals surface area (Å²) >= 11 is 0. The Morgan fingerprint density at radius 3 is 1.08 bits per heavy atom. The molecule has 6 atom stereocenters. The molecule has 0 aliphatic heterocycles. The van der Waals surface area contributed by atoms with Crippen molar-refractivity contribution in [2.75, 3.05) is 21.1 Å². The Kier molecular flexibility index (Phi) is 32.9. The predicted octanol–water partition coefficient (Wildman–Crippen LogP) is 9.55. The Balaban J connectivity index is 0.000000215. The van der Waals surface area contributed by atoms with Gasteiger partial charge in [-0.05, 0) is 200 Å². The number of esters is 3. The molecule has 0 unspecified atom stereocenters. The number of aromatic nitrogens is 9. The molecule has 108 heavy (non-hydrogen) atoms. The van der Waals surface area contributed by atoms with Gasteiger partial charge < -0.3 is 63.6 Å². The molecule has 12 rings (SSSR count). The number of ether oxygens (including phenoxy) is 8. The van der Waals surface area contributed by atoms with Gasteiger partial charge in [0.2, 0.25) is 0 Å². The molecule has 0 spiro atoms. The summed E-state index contributed by atoms with van der Waals surface area (Å²) in [6, 6.07) is 10.8. The van der Waals surface area contributed by atoms with Crippen LogP contribution in [0.4, 0.5) is 22.8 Å². The number of carboxylic acid groups (broad SMARTS) is 1. The van der Waals surface area contributed by atoms with Crippen LogP contribution in [-0.4, -0.2) is 171 Å². The van der Waals surface area contributed by atoms with E-state index in [1.54, 1.807) is 102 Å². The van der Waals surface area contributed by atoms with Gasteiger partial charge in [-0.1, -0.05) is 6.42 Å². The van der Waals surface area contributed by atoms with Gasteiger partial charge in [0.15, 0.2) is 17.2 Å². The van der Waals surface area contributed by atoms with Crippen LogP contribution in [0, 0.1) is 35.6 Å². The number of aliphatic carboxylic acids is 1. The minimum atomic E-state index is -0.846. The summed E-state index contributed by atoms with van der Waals surface area (Å²) in [6.45, 7) is 8.60. The van der Waals surface area contributed by atoms with Crippen LogP contribution in [0.3, 0.4) is 0 Å². The van der Waals surface area contributed by atoms with E-state index in [2.05, 4.69) is 35.6 Å². The summed E-state index contributed by atoms with van der Waals surface area (Å²) in [5.41, 5.74) is 4.61. The fourth-order valence-corrected chi connectivity index (χ4v) is 13.3. The van der Waals surface area contributed by atoms with Crippen molar-refractivity contribution in [3.8, 4) is 51.0 Å². The van der Waals surface area contributed by atoms with Crippen LogP contribution in [0.1, 0.15) is 187 Å². The van der Waals surface area contributed by atoms with Gasteiger partial charge >= 0.3 is 54.9 Å². The van der Waals surface area contributed by atoms with E-state index in [9.17, 15) is 47.0 Å². The maximum atomic E-state index is 15.0. The maximum absolute atomic E-state index is 15.0. The van der Waals surface area contributed by atoms with Crippen LogP contribution in [0.15, 0.2) is 55.0 Å². The number of carbonyl (C=O) groups is 6. The summed E-state index contributed by atoms with van der Waals surface area (Å²) in [4.78, 5) is 87.0. The smallest absolute Gasteiger partial charge is 0.870 e. The summed E-state index contributed by atoms with van der Waals surface area (Å²) in [5, 5.41) is 25.0. The zero-order valence-corrected chi connectivity index (χ0v) is 64.2. The second kappa shape index (κ2) is 41.1. The molecule has 586 valence electrons. The summed E-state index contributed by atoms with van der Waals surface area (Å²) in [5.74, 6) is -4.86. The molecule has 6 aliphatic carbocycles. The monoisotopic (exact) mass is 1500 g/mol. The van der Waals surface area contributed by atoms with E-state index < -0.39 is 47.9 Å². The van der Waals surface area contributed by atoms with Crippen molar-refractivity contribution in [2.45, 2.75) is 238 Å². The Labute approximate surface area is 640 Å². The average Bonchev–Trinajstić information content (AvgIpc) is 1.64. The fourth-order valence-electron chi connectivity index (χ4n) is 13.3. The van der Waals surface area contributed by atoms with Gasteiger partial charge in [0.1, 0.15) is 19.8 Å². The third-order valence-corrected chi connectivity index (χ3v) is 20.3. The summed E-state index contributed by atoms with van der Waals surface area (Å²) in [6.07, 6.45) is 21.0. The van der Waals surface area contributed by atoms with Crippen molar-refractivity contribution in [3.05, 3.63) is 89.9 Å². The van der Waals surface area contributed by atoms with Crippen molar-refractivity contribution < 1.29 is 109 Å². The number of aryl methyl sites for hydroxylation is 3. The Morgan fingerprint density at radius 2 is 0.815 bits per heavy atom. The number of pyridine rings is 3. The first-order valence-electron chi connectivity index (χ1n) is 37.0. The molecule has 3 N–H and O–H groups in total. The minimum absolute atomic E-state index is 0. The molecule has 0 saturated heterocycles. The van der Waals surface area contributed by atoms with Crippen molar-refractivity contribution >= 4 is 36.1 Å². The third-order valence-electron chi connectivity index (χ3n) is 20.3. The molecule has 2 amide bonds. The third kappa shape index (κ3) is 23.9. The van der Waals surface area contributed by atoms with Crippen LogP contribution < -0.4 is 38.4 Å². The largest absolute Gasteiger partial charge is 1.00 e. The van der Waals surface area contributed by atoms with Gasteiger partial charge in [0.05, 0.1) is 101 Å². The number of nitrogens with one attached hydrogen (secondary N) is 1. The van der Waals surface area contributed by atoms with E-state index in [1.807, 2.05) is 34.7 Å². The molecule has 28 nitrogen and oxygen atoms in total. The van der Waals surface area contributed by atoms with Gasteiger partial charge in [-0.2, -0.15) is 28.5 Å². The summed E-state index contributed by atoms with van der Waals surface area (Å²) in [7, 11) is 10.7. The first-order chi connectivity index (χ1) is 50.7. The molecule has 6 heterocycles. The fraction of sp³-hybridized carbons (Fsp3) is 0.605. The number of carbonyl (C=O) groups excluding carboxylic acids is 5. The summed E-state index contributed by atoms with van der Waals surface area (Å²) < 4.78 is 93.3. The predicted molar refractivity (Wildman–Crippen MR) is 384 cm³/mol. The standard InChI is InChI=1S/C26H35FN4O5.C23H29FN4O5.C22H28FN3O5.C5H11N.Li.H2O/c1-16(2)35-25(32)17-7-5-10-19(13-17)36-23-12-11-21(29-24(23)27)20-14-28-31(4)22(20)15-34-26(33)30(3)18-8-6-9-18;1-27(15-6-4-7-15)23(31)32-13-19-17(12-25-28(19)2)18-9-10-20(21(24)26-18)33-16-8-3-5-14(11-16)22(29)30;1-13(2)30-22(28)15-6-5-7-16(10-15)31-20-9-8-18(25-21(20)23)17-11-24-26(4)19(17)12-29-14(3)27;1-6-5-3-2-4-5;;/h11-12,14,16-19H,5-10,13,15H2,1-4H3;9-10,12,14-16H,3-8,11,13H2,1-2H3,(H,29,30);8-9,11,13,15-16H,5-7,10,12H2,1-4H3;5-6H,2-4H2,1H3;;1H2/q;;;;+1;/p-1/t17-,19-;14-,16-;15-,16-;;;/m000.../s1. The number of amides is 2. The number of carboxylic acids is 1. The van der Waals surface area contributed by atoms with Crippen molar-refractivity contribution in [3.63, 3.8) is 0 Å². The second-order valence-corrected chi connectivity index (χ2v) is 28.7. The Bertz CT molecular complexity index is 3960. The normalized spacial score (nSPS) is 19.7. The van der Waals surface area contributed by atoms with E-state index in [-0.39, 0.29) is 128 Å². The number of hydrogen-bond acceptors (Lipinski definition) is 22. The van der Waals surface area contributed by atoms with Crippen LogP contribution >= 0.6 is 0 Å². The minimum Gasteiger partial charge on any atom is -0.870 e. The van der Waals surface area contributed by atoms with Gasteiger partial charge in [-0.3, -0.25) is 33.2 Å². The van der Waals surface area contributed by atoms with Gasteiger partial charge in [0.25, 0.3) is 17.8 Å². The van der Waals surface area contributed by atoms with E-state index in [0.29, 0.717) is 83.0 Å². The van der Waals surface area contributed by atoms with Gasteiger partial charge in [0, 0.05) is 77.0 Å². The second-order valence-electron chi connectivity index (χ2n) is 28.7. The maximum Gasteiger partial charge on any atom is 1.00 e. The van der Waals surface area contributed by atoms with E-state index in [4.69, 9.17) is 37.9 Å². The number of nitrogens with zero attached hydrogens (tertiary/aromatic N) is 11. The van der Waals surface area contributed by atoms with Crippen LogP contribution in [0.5, 0.6) is 17.2 Å². The number of halogens is 3. The molecule has 32 heteroatoms. The number of hydrogen-bond donors (Lipinski definition) is 2. The van der Waals surface area contributed by atoms with Crippen molar-refractivity contribution in [1.29, 1.82) is 0 Å². The van der Waals surface area contributed by atoms with E-state index in [1.165, 1.54) is 38.3 Å². The molecule has 6 aromatic heterocycles. The molecule has 6 aliphatic rings. The topological polar surface area (TPSA) is 337 Å². The van der Waals surface area contributed by atoms with Crippen LogP contribution in [-0.2, 0) is 83.8 Å². The van der Waals surface area contributed by atoms with Gasteiger partial charge in [-0.15, -0.1) is 0 Å². The average molecular weight is 1510 g/mol. The molecule has 6 saturated carbocycles. The Morgan fingerprint density at radius 1 is 0.500 bits per heavy atom. The molecule has 0 bridgehead atoms. The van der Waals surface area contributed by atoms with Crippen molar-refractivity contribution in [2.24, 2.45) is 38.9 Å². The molecular formula is C76H104F3LiN12O16. The van der Waals surface area contributed by atoms with E-state index >= 15 is 0 Å². The Hall–Kier alpha value is -8.79. The molecule has 0 aromatic carbocycles.